The highest BCUT2D eigenvalue weighted by Crippen LogP contribution is 2.22. The van der Waals surface area contributed by atoms with E-state index in [9.17, 15) is 0 Å². The maximum Gasteiger partial charge on any atom is 0.130 e. The Morgan fingerprint density at radius 1 is 1.12 bits per heavy atom. The van der Waals surface area contributed by atoms with Crippen molar-refractivity contribution in [1.82, 2.24) is 9.97 Å². The number of hydrogen-bond donors (Lipinski definition) is 2. The van der Waals surface area contributed by atoms with Crippen LogP contribution in [-0.4, -0.2) is 17.1 Å². The monoisotopic (exact) mass is 216 g/mol. The summed E-state index contributed by atoms with van der Waals surface area (Å²) in [5.41, 5.74) is 4.36. The van der Waals surface area contributed by atoms with Gasteiger partial charge in [0, 0.05) is 12.4 Å². The lowest BCUT2D eigenvalue weighted by Gasteiger charge is -2.10. The van der Waals surface area contributed by atoms with Crippen molar-refractivity contribution in [2.75, 3.05) is 17.9 Å². The molecule has 0 aliphatic carbocycles. The van der Waals surface area contributed by atoms with Gasteiger partial charge in [-0.15, -0.1) is 0 Å². The molecule has 0 saturated heterocycles. The molecule has 0 unspecified atom stereocenters. The number of pyridine rings is 2. The molecule has 0 aliphatic rings. The molecule has 82 valence electrons. The van der Waals surface area contributed by atoms with Gasteiger partial charge >= 0.3 is 0 Å². The van der Waals surface area contributed by atoms with Gasteiger partial charge in [-0.3, -0.25) is 15.3 Å². The first-order valence-electron chi connectivity index (χ1n) is 4.81. The molecule has 0 bridgehead atoms. The fourth-order valence-electron chi connectivity index (χ4n) is 1.27. The van der Waals surface area contributed by atoms with Gasteiger partial charge in [-0.05, 0) is 18.2 Å². The summed E-state index contributed by atoms with van der Waals surface area (Å²) in [6, 6.07) is 7.51. The van der Waals surface area contributed by atoms with E-state index in [1.807, 2.05) is 24.3 Å². The van der Waals surface area contributed by atoms with Crippen LogP contribution in [0.1, 0.15) is 0 Å². The van der Waals surface area contributed by atoms with Crippen LogP contribution < -0.4 is 10.8 Å². The predicted octanol–water partition coefficient (Wildman–Crippen LogP) is 2.19. The number of hydrogen-bond acceptors (Lipinski definition) is 5. The van der Waals surface area contributed by atoms with E-state index in [0.29, 0.717) is 0 Å². The average molecular weight is 216 g/mol. The Morgan fingerprint density at radius 2 is 2.06 bits per heavy atom. The molecule has 0 spiro atoms. The fraction of sp³-hybridized carbons (Fsp3) is 0.0909. The lowest BCUT2D eigenvalue weighted by atomic mass is 10.3. The van der Waals surface area contributed by atoms with E-state index in [2.05, 4.69) is 20.8 Å². The van der Waals surface area contributed by atoms with Crippen LogP contribution in [-0.2, 0) is 4.84 Å². The number of nitrogens with zero attached hydrogens (tertiary/aromatic N) is 2. The highest BCUT2D eigenvalue weighted by atomic mass is 16.6. The summed E-state index contributed by atoms with van der Waals surface area (Å²) in [7, 11) is 1.55. The second-order valence-electron chi connectivity index (χ2n) is 3.07. The van der Waals surface area contributed by atoms with Crippen LogP contribution in [0.25, 0.3) is 0 Å². The SMILES string of the molecule is CONc1cnccc1Nc1ccccn1. The third-order valence-corrected chi connectivity index (χ3v) is 1.96. The summed E-state index contributed by atoms with van der Waals surface area (Å²) in [4.78, 5) is 13.0. The minimum absolute atomic E-state index is 0.760. The van der Waals surface area contributed by atoms with Crippen molar-refractivity contribution in [2.24, 2.45) is 0 Å². The Hall–Kier alpha value is -2.14. The quantitative estimate of drug-likeness (QED) is 0.767. The lowest BCUT2D eigenvalue weighted by Crippen LogP contribution is -2.01. The van der Waals surface area contributed by atoms with Gasteiger partial charge in [0.25, 0.3) is 0 Å². The molecule has 0 atom stereocenters. The normalized spacial score (nSPS) is 9.81. The second kappa shape index (κ2) is 5.09. The van der Waals surface area contributed by atoms with E-state index >= 15 is 0 Å². The molecule has 16 heavy (non-hydrogen) atoms. The van der Waals surface area contributed by atoms with Crippen LogP contribution in [0.15, 0.2) is 42.9 Å². The van der Waals surface area contributed by atoms with Crippen molar-refractivity contribution in [3.63, 3.8) is 0 Å². The van der Waals surface area contributed by atoms with Crippen LogP contribution in [0.3, 0.4) is 0 Å². The minimum atomic E-state index is 0.760. The average Bonchev–Trinajstić information content (AvgIpc) is 2.33. The van der Waals surface area contributed by atoms with E-state index in [-0.39, 0.29) is 0 Å². The Bertz CT molecular complexity index is 447. The highest BCUT2D eigenvalue weighted by Gasteiger charge is 2.01. The predicted molar refractivity (Wildman–Crippen MR) is 62.4 cm³/mol. The molecule has 2 aromatic heterocycles. The number of anilines is 3. The van der Waals surface area contributed by atoms with Crippen molar-refractivity contribution >= 4 is 17.2 Å². The third kappa shape index (κ3) is 2.46. The maximum atomic E-state index is 4.86. The van der Waals surface area contributed by atoms with Crippen LogP contribution in [0.5, 0.6) is 0 Å². The summed E-state index contributed by atoms with van der Waals surface area (Å²) >= 11 is 0. The number of rotatable bonds is 4. The van der Waals surface area contributed by atoms with Gasteiger partial charge in [0.05, 0.1) is 19.0 Å². The highest BCUT2D eigenvalue weighted by molar-refractivity contribution is 5.71. The fourth-order valence-corrected chi connectivity index (χ4v) is 1.27. The van der Waals surface area contributed by atoms with Gasteiger partial charge in [0.2, 0.25) is 0 Å². The first kappa shape index (κ1) is 10.4. The summed E-state index contributed by atoms with van der Waals surface area (Å²) in [6.45, 7) is 0. The molecular weight excluding hydrogens is 204 g/mol. The summed E-state index contributed by atoms with van der Waals surface area (Å²) < 4.78 is 0. The molecule has 0 amide bonds. The van der Waals surface area contributed by atoms with Crippen molar-refractivity contribution in [3.05, 3.63) is 42.9 Å². The molecule has 2 rings (SSSR count). The Morgan fingerprint density at radius 3 is 2.81 bits per heavy atom. The van der Waals surface area contributed by atoms with Crippen molar-refractivity contribution in [1.29, 1.82) is 0 Å². The van der Waals surface area contributed by atoms with Crippen molar-refractivity contribution in [2.45, 2.75) is 0 Å². The van der Waals surface area contributed by atoms with Gasteiger partial charge in [-0.25, -0.2) is 4.98 Å². The van der Waals surface area contributed by atoms with Gasteiger partial charge < -0.3 is 5.32 Å². The van der Waals surface area contributed by atoms with E-state index in [4.69, 9.17) is 4.84 Å². The molecule has 5 nitrogen and oxygen atoms in total. The molecule has 2 N–H and O–H groups in total. The van der Waals surface area contributed by atoms with Crippen molar-refractivity contribution < 1.29 is 4.84 Å². The van der Waals surface area contributed by atoms with E-state index in [1.165, 1.54) is 0 Å². The summed E-state index contributed by atoms with van der Waals surface area (Å²) in [5.74, 6) is 0.771. The van der Waals surface area contributed by atoms with Crippen LogP contribution in [0.2, 0.25) is 0 Å². The Balaban J connectivity index is 2.21. The van der Waals surface area contributed by atoms with Crippen LogP contribution in [0.4, 0.5) is 17.2 Å². The molecule has 0 aromatic carbocycles. The molecule has 0 aliphatic heterocycles. The molecule has 2 aromatic rings. The van der Waals surface area contributed by atoms with Gasteiger partial charge in [-0.2, -0.15) is 0 Å². The second-order valence-corrected chi connectivity index (χ2v) is 3.07. The first-order valence-corrected chi connectivity index (χ1v) is 4.81. The largest absolute Gasteiger partial charge is 0.338 e. The van der Waals surface area contributed by atoms with Crippen LogP contribution in [0, 0.1) is 0 Å². The molecule has 5 heteroatoms. The van der Waals surface area contributed by atoms with Gasteiger partial charge in [-0.1, -0.05) is 6.07 Å². The number of nitrogens with one attached hydrogen (secondary N) is 2. The Labute approximate surface area is 93.5 Å². The minimum Gasteiger partial charge on any atom is -0.338 e. The first-order chi connectivity index (χ1) is 7.90. The maximum absolute atomic E-state index is 4.86. The lowest BCUT2D eigenvalue weighted by molar-refractivity contribution is 0.271. The zero-order valence-corrected chi connectivity index (χ0v) is 8.84. The zero-order valence-electron chi connectivity index (χ0n) is 8.84. The molecule has 0 saturated carbocycles. The van der Waals surface area contributed by atoms with Gasteiger partial charge in [0.1, 0.15) is 11.5 Å². The molecule has 2 heterocycles. The Kier molecular flexibility index (Phi) is 3.30. The molecule has 0 radical (unpaired) electrons. The zero-order chi connectivity index (χ0) is 11.2. The number of aromatic nitrogens is 2. The van der Waals surface area contributed by atoms with E-state index in [1.54, 1.807) is 25.7 Å². The van der Waals surface area contributed by atoms with E-state index in [0.717, 1.165) is 17.2 Å². The molecule has 0 fully saturated rings. The van der Waals surface area contributed by atoms with Gasteiger partial charge in [0.15, 0.2) is 0 Å². The van der Waals surface area contributed by atoms with Crippen LogP contribution >= 0.6 is 0 Å². The third-order valence-electron chi connectivity index (χ3n) is 1.96. The van der Waals surface area contributed by atoms with Crippen molar-refractivity contribution in [3.8, 4) is 0 Å². The standard InChI is InChI=1S/C11H12N4O/c1-16-15-10-8-12-7-5-9(10)14-11-4-2-3-6-13-11/h2-8,15H,1H3,(H,12,13,14). The molecular formula is C11H12N4O. The summed E-state index contributed by atoms with van der Waals surface area (Å²) in [5, 5.41) is 3.16. The summed E-state index contributed by atoms with van der Waals surface area (Å²) in [6.07, 6.45) is 5.10. The van der Waals surface area contributed by atoms with E-state index < -0.39 is 0 Å². The smallest absolute Gasteiger partial charge is 0.130 e. The topological polar surface area (TPSA) is 59.1 Å².